The number of carbonyl (C=O) groups is 1. The second-order valence-corrected chi connectivity index (χ2v) is 6.28. The van der Waals surface area contributed by atoms with Gasteiger partial charge in [0.1, 0.15) is 5.82 Å². The van der Waals surface area contributed by atoms with Gasteiger partial charge in [-0.15, -0.1) is 0 Å². The fourth-order valence-corrected chi connectivity index (χ4v) is 1.40. The highest BCUT2D eigenvalue weighted by Crippen LogP contribution is 2.30. The Bertz CT molecular complexity index is 467. The zero-order valence-electron chi connectivity index (χ0n) is 11.0. The summed E-state index contributed by atoms with van der Waals surface area (Å²) in [6.45, 7) is 7.10. The average molecular weight is 317 g/mol. The minimum absolute atomic E-state index is 0.239. The summed E-state index contributed by atoms with van der Waals surface area (Å²) in [7, 11) is 0. The van der Waals surface area contributed by atoms with Crippen LogP contribution in [0.25, 0.3) is 0 Å². The molecule has 3 N–H and O–H groups in total. The molecule has 1 aromatic carbocycles. The van der Waals surface area contributed by atoms with Gasteiger partial charge in [-0.25, -0.2) is 4.39 Å². The van der Waals surface area contributed by atoms with Gasteiger partial charge in [0.05, 0.1) is 9.89 Å². The second kappa shape index (κ2) is 4.97. The first-order chi connectivity index (χ1) is 8.05. The molecule has 1 aromatic rings. The molecule has 0 bridgehead atoms. The third-order valence-electron chi connectivity index (χ3n) is 3.36. The molecule has 0 spiro atoms. The van der Waals surface area contributed by atoms with Crippen molar-refractivity contribution in [1.82, 2.24) is 0 Å². The third-order valence-corrected chi connectivity index (χ3v) is 4.00. The van der Waals surface area contributed by atoms with Crippen LogP contribution in [-0.4, -0.2) is 11.4 Å². The van der Waals surface area contributed by atoms with E-state index in [0.29, 0.717) is 10.2 Å². The van der Waals surface area contributed by atoms with E-state index in [9.17, 15) is 9.18 Å². The highest BCUT2D eigenvalue weighted by Gasteiger charge is 2.40. The molecule has 0 aliphatic rings. The first-order valence-electron chi connectivity index (χ1n) is 5.61. The summed E-state index contributed by atoms with van der Waals surface area (Å²) in [6.07, 6.45) is 0. The van der Waals surface area contributed by atoms with E-state index < -0.39 is 16.8 Å². The molecule has 0 atom stereocenters. The Morgan fingerprint density at radius 2 is 1.89 bits per heavy atom. The average Bonchev–Trinajstić information content (AvgIpc) is 2.21. The predicted octanol–water partition coefficient (Wildman–Crippen LogP) is 3.29. The summed E-state index contributed by atoms with van der Waals surface area (Å²) >= 11 is 3.06. The minimum Gasteiger partial charge on any atom is -0.325 e. The van der Waals surface area contributed by atoms with Crippen LogP contribution in [0, 0.1) is 11.2 Å². The monoisotopic (exact) mass is 316 g/mol. The molecule has 1 amide bonds. The van der Waals surface area contributed by atoms with Crippen LogP contribution in [0.1, 0.15) is 27.7 Å². The van der Waals surface area contributed by atoms with Crippen molar-refractivity contribution < 1.29 is 9.18 Å². The minimum atomic E-state index is -0.767. The number of anilines is 1. The first-order valence-corrected chi connectivity index (χ1v) is 6.40. The molecule has 0 radical (unpaired) electrons. The number of amides is 1. The Balaban J connectivity index is 2.91. The molecule has 0 fully saturated rings. The topological polar surface area (TPSA) is 55.1 Å². The molecular formula is C13H18BrFN2O. The summed E-state index contributed by atoms with van der Waals surface area (Å²) in [5.41, 5.74) is 4.95. The molecule has 0 saturated carbocycles. The smallest absolute Gasteiger partial charge is 0.231 e. The molecule has 0 heterocycles. The standard InChI is InChI=1S/C13H18BrFN2O/c1-12(2,13(3,4)16)11(18)17-8-5-6-9(14)10(15)7-8/h5-7H,16H2,1-4H3,(H,17,18). The molecule has 0 saturated heterocycles. The SMILES string of the molecule is CC(C)(N)C(C)(C)C(=O)Nc1ccc(Br)c(F)c1. The number of hydrogen-bond acceptors (Lipinski definition) is 2. The van der Waals surface area contributed by atoms with Gasteiger partial charge in [-0.3, -0.25) is 4.79 Å². The molecule has 100 valence electrons. The Morgan fingerprint density at radius 3 is 2.33 bits per heavy atom. The third kappa shape index (κ3) is 3.09. The fourth-order valence-electron chi connectivity index (χ4n) is 1.15. The summed E-state index contributed by atoms with van der Waals surface area (Å²) in [5.74, 6) is -0.658. The lowest BCUT2D eigenvalue weighted by Gasteiger charge is -2.36. The van der Waals surface area contributed by atoms with Crippen LogP contribution in [0.15, 0.2) is 22.7 Å². The van der Waals surface area contributed by atoms with Crippen LogP contribution in [0.4, 0.5) is 10.1 Å². The van der Waals surface area contributed by atoms with Gasteiger partial charge in [-0.05, 0) is 61.8 Å². The molecular weight excluding hydrogens is 299 g/mol. The molecule has 0 aliphatic carbocycles. The summed E-state index contributed by atoms with van der Waals surface area (Å²) in [5, 5.41) is 2.68. The van der Waals surface area contributed by atoms with Gasteiger partial charge in [-0.2, -0.15) is 0 Å². The van der Waals surface area contributed by atoms with Gasteiger partial charge in [0.2, 0.25) is 5.91 Å². The summed E-state index contributed by atoms with van der Waals surface area (Å²) in [6, 6.07) is 4.44. The molecule has 5 heteroatoms. The molecule has 0 unspecified atom stereocenters. The van der Waals surface area contributed by atoms with Crippen LogP contribution in [0.3, 0.4) is 0 Å². The van der Waals surface area contributed by atoms with Gasteiger partial charge in [0.25, 0.3) is 0 Å². The van der Waals surface area contributed by atoms with E-state index in [-0.39, 0.29) is 5.91 Å². The van der Waals surface area contributed by atoms with E-state index in [1.807, 2.05) is 0 Å². The molecule has 0 aromatic heterocycles. The van der Waals surface area contributed by atoms with E-state index in [4.69, 9.17) is 5.73 Å². The van der Waals surface area contributed by atoms with E-state index in [2.05, 4.69) is 21.2 Å². The lowest BCUT2D eigenvalue weighted by atomic mass is 9.74. The van der Waals surface area contributed by atoms with Crippen molar-refractivity contribution in [1.29, 1.82) is 0 Å². The van der Waals surface area contributed by atoms with Gasteiger partial charge >= 0.3 is 0 Å². The van der Waals surface area contributed by atoms with Crippen molar-refractivity contribution in [3.05, 3.63) is 28.5 Å². The van der Waals surface area contributed by atoms with Gasteiger partial charge in [-0.1, -0.05) is 0 Å². The number of halogens is 2. The van der Waals surface area contributed by atoms with Crippen molar-refractivity contribution in [2.45, 2.75) is 33.2 Å². The van der Waals surface area contributed by atoms with Crippen LogP contribution >= 0.6 is 15.9 Å². The fraction of sp³-hybridized carbons (Fsp3) is 0.462. The second-order valence-electron chi connectivity index (χ2n) is 5.43. The molecule has 1 rings (SSSR count). The Hall–Kier alpha value is -0.940. The Kier molecular flexibility index (Phi) is 4.18. The van der Waals surface area contributed by atoms with Gasteiger partial charge < -0.3 is 11.1 Å². The van der Waals surface area contributed by atoms with E-state index in [1.54, 1.807) is 39.8 Å². The van der Waals surface area contributed by atoms with Gasteiger partial charge in [0.15, 0.2) is 0 Å². The zero-order valence-corrected chi connectivity index (χ0v) is 12.6. The van der Waals surface area contributed by atoms with Crippen LogP contribution in [0.5, 0.6) is 0 Å². The van der Waals surface area contributed by atoms with Crippen molar-refractivity contribution in [2.75, 3.05) is 5.32 Å². The number of nitrogens with two attached hydrogens (primary N) is 1. The van der Waals surface area contributed by atoms with Crippen molar-refractivity contribution in [3.8, 4) is 0 Å². The number of nitrogens with one attached hydrogen (secondary N) is 1. The molecule has 0 aliphatic heterocycles. The van der Waals surface area contributed by atoms with Crippen LogP contribution < -0.4 is 11.1 Å². The van der Waals surface area contributed by atoms with Crippen molar-refractivity contribution >= 4 is 27.5 Å². The highest BCUT2D eigenvalue weighted by atomic mass is 79.9. The first kappa shape index (κ1) is 15.1. The largest absolute Gasteiger partial charge is 0.325 e. The molecule has 3 nitrogen and oxygen atoms in total. The quantitative estimate of drug-likeness (QED) is 0.899. The maximum Gasteiger partial charge on any atom is 0.231 e. The lowest BCUT2D eigenvalue weighted by Crippen LogP contribution is -2.53. The van der Waals surface area contributed by atoms with Crippen molar-refractivity contribution in [2.24, 2.45) is 11.1 Å². The predicted molar refractivity (Wildman–Crippen MR) is 74.8 cm³/mol. The lowest BCUT2D eigenvalue weighted by molar-refractivity contribution is -0.126. The highest BCUT2D eigenvalue weighted by molar-refractivity contribution is 9.10. The normalized spacial score (nSPS) is 12.4. The number of carbonyl (C=O) groups excluding carboxylic acids is 1. The summed E-state index contributed by atoms with van der Waals surface area (Å²) < 4.78 is 13.7. The molecule has 18 heavy (non-hydrogen) atoms. The maximum absolute atomic E-state index is 13.3. The Morgan fingerprint density at radius 1 is 1.33 bits per heavy atom. The number of hydrogen-bond donors (Lipinski definition) is 2. The summed E-state index contributed by atoms with van der Waals surface area (Å²) in [4.78, 5) is 12.2. The zero-order chi connectivity index (χ0) is 14.1. The van der Waals surface area contributed by atoms with Crippen molar-refractivity contribution in [3.63, 3.8) is 0 Å². The van der Waals surface area contributed by atoms with E-state index in [1.165, 1.54) is 6.07 Å². The number of rotatable bonds is 3. The van der Waals surface area contributed by atoms with E-state index >= 15 is 0 Å². The van der Waals surface area contributed by atoms with Gasteiger partial charge in [0, 0.05) is 11.2 Å². The maximum atomic E-state index is 13.3. The van der Waals surface area contributed by atoms with Crippen LogP contribution in [0.2, 0.25) is 0 Å². The van der Waals surface area contributed by atoms with E-state index in [0.717, 1.165) is 0 Å². The Labute approximate surface area is 115 Å². The van der Waals surface area contributed by atoms with Crippen LogP contribution in [-0.2, 0) is 4.79 Å². The number of benzene rings is 1.